The second-order valence-electron chi connectivity index (χ2n) is 7.65. The maximum absolute atomic E-state index is 13.6. The summed E-state index contributed by atoms with van der Waals surface area (Å²) in [5.74, 6) is -1.14. The van der Waals surface area contributed by atoms with E-state index in [1.807, 2.05) is 18.2 Å². The quantitative estimate of drug-likeness (QED) is 0.561. The summed E-state index contributed by atoms with van der Waals surface area (Å²) in [5.41, 5.74) is 1.40. The Hall–Kier alpha value is -3.94. The van der Waals surface area contributed by atoms with Crippen LogP contribution in [0.15, 0.2) is 72.8 Å². The molecular weight excluding hydrogens is 428 g/mol. The van der Waals surface area contributed by atoms with Crippen LogP contribution < -0.4 is 15.0 Å². The van der Waals surface area contributed by atoms with Gasteiger partial charge in [0, 0.05) is 25.7 Å². The van der Waals surface area contributed by atoms with E-state index in [0.29, 0.717) is 42.2 Å². The molecule has 1 aliphatic heterocycles. The lowest BCUT2D eigenvalue weighted by atomic mass is 10.1. The van der Waals surface area contributed by atoms with Gasteiger partial charge in [-0.15, -0.1) is 0 Å². The summed E-state index contributed by atoms with van der Waals surface area (Å²) in [6.45, 7) is 0.833. The predicted octanol–water partition coefficient (Wildman–Crippen LogP) is 4.81. The third kappa shape index (κ3) is 5.65. The summed E-state index contributed by atoms with van der Waals surface area (Å²) in [4.78, 5) is 28.7. The van der Waals surface area contributed by atoms with Gasteiger partial charge in [0.05, 0.1) is 11.4 Å². The minimum atomic E-state index is -0.683. The van der Waals surface area contributed by atoms with Crippen LogP contribution in [0, 0.1) is 11.6 Å². The molecule has 8 heteroatoms. The number of rotatable bonds is 7. The normalized spacial score (nSPS) is 13.7. The Bertz CT molecular complexity index is 1120. The molecule has 3 aromatic carbocycles. The van der Waals surface area contributed by atoms with Gasteiger partial charge < -0.3 is 15.0 Å². The molecule has 3 aromatic rings. The highest BCUT2D eigenvalue weighted by molar-refractivity contribution is 6.01. The number of carbonyl (C=O) groups excluding carboxylic acids is 2. The van der Waals surface area contributed by atoms with E-state index < -0.39 is 11.6 Å². The van der Waals surface area contributed by atoms with Crippen molar-refractivity contribution in [2.75, 3.05) is 29.9 Å². The molecular formula is C25H23F2N3O3. The maximum Gasteiger partial charge on any atom is 0.324 e. The summed E-state index contributed by atoms with van der Waals surface area (Å²) in [6.07, 6.45) is 0.670. The molecule has 1 fully saturated rings. The lowest BCUT2D eigenvalue weighted by molar-refractivity contribution is -0.118. The molecule has 170 valence electrons. The molecule has 0 spiro atoms. The van der Waals surface area contributed by atoms with Gasteiger partial charge in [0.1, 0.15) is 17.4 Å². The molecule has 1 saturated heterocycles. The first-order valence-corrected chi connectivity index (χ1v) is 10.6. The molecule has 1 aliphatic rings. The average Bonchev–Trinajstić information content (AvgIpc) is 2.80. The van der Waals surface area contributed by atoms with Crippen molar-refractivity contribution in [3.63, 3.8) is 0 Å². The summed E-state index contributed by atoms with van der Waals surface area (Å²) >= 11 is 0. The topological polar surface area (TPSA) is 61.9 Å². The standard InChI is InChI=1S/C25H23F2N3O3/c26-19-13-18(14-20(27)15-19)16-29-11-6-12-30(25(29)32)23-10-5-4-9-22(23)28-24(31)17-33-21-7-2-1-3-8-21/h1-5,7-10,13-15H,6,11-12,16-17H2,(H,28,31). The fraction of sp³-hybridized carbons (Fsp3) is 0.200. The minimum absolute atomic E-state index is 0.0868. The molecule has 1 heterocycles. The van der Waals surface area contributed by atoms with Crippen LogP contribution in [-0.2, 0) is 11.3 Å². The van der Waals surface area contributed by atoms with E-state index >= 15 is 0 Å². The fourth-order valence-electron chi connectivity index (χ4n) is 3.74. The lowest BCUT2D eigenvalue weighted by Gasteiger charge is -2.36. The Morgan fingerprint density at radius 2 is 1.64 bits per heavy atom. The third-order valence-electron chi connectivity index (χ3n) is 5.19. The zero-order valence-corrected chi connectivity index (χ0v) is 17.8. The van der Waals surface area contributed by atoms with Crippen molar-refractivity contribution in [2.24, 2.45) is 0 Å². The zero-order valence-electron chi connectivity index (χ0n) is 17.8. The van der Waals surface area contributed by atoms with Gasteiger partial charge in [0.2, 0.25) is 0 Å². The lowest BCUT2D eigenvalue weighted by Crippen LogP contribution is -2.49. The molecule has 33 heavy (non-hydrogen) atoms. The second kappa shape index (κ2) is 10.1. The summed E-state index contributed by atoms with van der Waals surface area (Å²) in [6, 6.07) is 18.9. The Kier molecular flexibility index (Phi) is 6.83. The van der Waals surface area contributed by atoms with Crippen LogP contribution in [0.3, 0.4) is 0 Å². The molecule has 0 unspecified atom stereocenters. The maximum atomic E-state index is 13.6. The molecule has 3 amide bonds. The van der Waals surface area contributed by atoms with E-state index in [-0.39, 0.29) is 25.1 Å². The number of halogens is 2. The van der Waals surface area contributed by atoms with Crippen LogP contribution in [-0.4, -0.2) is 36.5 Å². The minimum Gasteiger partial charge on any atom is -0.484 e. The summed E-state index contributed by atoms with van der Waals surface area (Å²) in [7, 11) is 0. The van der Waals surface area contributed by atoms with Crippen LogP contribution in [0.4, 0.5) is 25.0 Å². The van der Waals surface area contributed by atoms with Gasteiger partial charge >= 0.3 is 6.03 Å². The Labute approximate surface area is 190 Å². The highest BCUT2D eigenvalue weighted by Gasteiger charge is 2.28. The average molecular weight is 451 g/mol. The van der Waals surface area contributed by atoms with E-state index in [4.69, 9.17) is 4.74 Å². The number of hydrogen-bond donors (Lipinski definition) is 1. The van der Waals surface area contributed by atoms with Gasteiger partial charge in [0.15, 0.2) is 6.61 Å². The van der Waals surface area contributed by atoms with Crippen molar-refractivity contribution in [2.45, 2.75) is 13.0 Å². The van der Waals surface area contributed by atoms with Crippen molar-refractivity contribution in [1.29, 1.82) is 0 Å². The Balaban J connectivity index is 1.45. The SMILES string of the molecule is O=C(COc1ccccc1)Nc1ccccc1N1CCCN(Cc2cc(F)cc(F)c2)C1=O. The first-order chi connectivity index (χ1) is 16.0. The Morgan fingerprint density at radius 3 is 2.39 bits per heavy atom. The smallest absolute Gasteiger partial charge is 0.324 e. The largest absolute Gasteiger partial charge is 0.484 e. The van der Waals surface area contributed by atoms with Crippen molar-refractivity contribution >= 4 is 23.3 Å². The van der Waals surface area contributed by atoms with Crippen molar-refractivity contribution in [1.82, 2.24) is 4.90 Å². The van der Waals surface area contributed by atoms with Gasteiger partial charge in [-0.05, 0) is 48.4 Å². The van der Waals surface area contributed by atoms with Crippen molar-refractivity contribution in [3.05, 3.63) is 90.0 Å². The number of urea groups is 1. The molecule has 0 aromatic heterocycles. The first-order valence-electron chi connectivity index (χ1n) is 10.6. The molecule has 6 nitrogen and oxygen atoms in total. The van der Waals surface area contributed by atoms with Gasteiger partial charge in [0.25, 0.3) is 5.91 Å². The predicted molar refractivity (Wildman–Crippen MR) is 121 cm³/mol. The van der Waals surface area contributed by atoms with E-state index in [9.17, 15) is 18.4 Å². The highest BCUT2D eigenvalue weighted by atomic mass is 19.1. The van der Waals surface area contributed by atoms with Crippen LogP contribution in [0.2, 0.25) is 0 Å². The third-order valence-corrected chi connectivity index (χ3v) is 5.19. The number of benzene rings is 3. The molecule has 0 bridgehead atoms. The number of nitrogens with zero attached hydrogens (tertiary/aromatic N) is 2. The van der Waals surface area contributed by atoms with Gasteiger partial charge in [-0.25, -0.2) is 13.6 Å². The van der Waals surface area contributed by atoms with Crippen molar-refractivity contribution in [3.8, 4) is 5.75 Å². The molecule has 1 N–H and O–H groups in total. The Morgan fingerprint density at radius 1 is 0.939 bits per heavy atom. The zero-order chi connectivity index (χ0) is 23.2. The number of para-hydroxylation sites is 3. The van der Waals surface area contributed by atoms with Gasteiger partial charge in [-0.3, -0.25) is 9.69 Å². The number of hydrogen-bond acceptors (Lipinski definition) is 3. The van der Waals surface area contributed by atoms with Crippen molar-refractivity contribution < 1.29 is 23.1 Å². The first kappa shape index (κ1) is 22.3. The molecule has 4 rings (SSSR count). The number of amides is 3. The molecule has 0 saturated carbocycles. The van der Waals surface area contributed by atoms with E-state index in [1.54, 1.807) is 41.3 Å². The van der Waals surface area contributed by atoms with E-state index in [0.717, 1.165) is 6.07 Å². The summed E-state index contributed by atoms with van der Waals surface area (Å²) in [5, 5.41) is 2.80. The number of ether oxygens (including phenoxy) is 1. The number of nitrogens with one attached hydrogen (secondary N) is 1. The number of anilines is 2. The van der Waals surface area contributed by atoms with Gasteiger partial charge in [-0.1, -0.05) is 30.3 Å². The highest BCUT2D eigenvalue weighted by Crippen LogP contribution is 2.29. The van der Waals surface area contributed by atoms with Crippen LogP contribution in [0.5, 0.6) is 5.75 Å². The van der Waals surface area contributed by atoms with Crippen LogP contribution >= 0.6 is 0 Å². The monoisotopic (exact) mass is 451 g/mol. The van der Waals surface area contributed by atoms with Crippen LogP contribution in [0.25, 0.3) is 0 Å². The second-order valence-corrected chi connectivity index (χ2v) is 7.65. The molecule has 0 radical (unpaired) electrons. The van der Waals surface area contributed by atoms with E-state index in [1.165, 1.54) is 17.0 Å². The van der Waals surface area contributed by atoms with Crippen LogP contribution in [0.1, 0.15) is 12.0 Å². The molecule has 0 aliphatic carbocycles. The van der Waals surface area contributed by atoms with E-state index in [2.05, 4.69) is 5.32 Å². The summed E-state index contributed by atoms with van der Waals surface area (Å²) < 4.78 is 32.6. The number of carbonyl (C=O) groups is 2. The van der Waals surface area contributed by atoms with Gasteiger partial charge in [-0.2, -0.15) is 0 Å². The molecule has 0 atom stereocenters. The fourth-order valence-corrected chi connectivity index (χ4v) is 3.74.